The molecule has 0 heterocycles. The van der Waals surface area contributed by atoms with E-state index in [1.54, 1.807) is 7.11 Å². The van der Waals surface area contributed by atoms with Gasteiger partial charge in [0.15, 0.2) is 0 Å². The molecule has 0 amide bonds. The molecule has 3 heteroatoms. The molecular formula is C12H18ClNO. The second kappa shape index (κ2) is 5.99. The average Bonchev–Trinajstić information content (AvgIpc) is 2.23. The SMILES string of the molecule is CCNCCc1cc(Cl)c(OC)cc1C. The quantitative estimate of drug-likeness (QED) is 0.782. The van der Waals surface area contributed by atoms with Crippen LogP contribution in [-0.4, -0.2) is 20.2 Å². The van der Waals surface area contributed by atoms with E-state index in [1.165, 1.54) is 11.1 Å². The van der Waals surface area contributed by atoms with E-state index >= 15 is 0 Å². The molecule has 1 N–H and O–H groups in total. The molecule has 0 aliphatic heterocycles. The number of methoxy groups -OCH3 is 1. The van der Waals surface area contributed by atoms with Crippen molar-refractivity contribution in [3.63, 3.8) is 0 Å². The molecular weight excluding hydrogens is 210 g/mol. The molecule has 0 aliphatic rings. The first-order chi connectivity index (χ1) is 7.19. The maximum Gasteiger partial charge on any atom is 0.137 e. The zero-order valence-corrected chi connectivity index (χ0v) is 10.3. The zero-order valence-electron chi connectivity index (χ0n) is 9.56. The molecule has 1 aromatic carbocycles. The molecule has 0 spiro atoms. The van der Waals surface area contributed by atoms with Crippen molar-refractivity contribution in [3.05, 3.63) is 28.3 Å². The van der Waals surface area contributed by atoms with Gasteiger partial charge in [0.1, 0.15) is 5.75 Å². The third kappa shape index (κ3) is 3.40. The van der Waals surface area contributed by atoms with Gasteiger partial charge in [0, 0.05) is 0 Å². The van der Waals surface area contributed by atoms with E-state index in [4.69, 9.17) is 16.3 Å². The van der Waals surface area contributed by atoms with Crippen molar-refractivity contribution in [3.8, 4) is 5.75 Å². The van der Waals surface area contributed by atoms with Gasteiger partial charge < -0.3 is 10.1 Å². The smallest absolute Gasteiger partial charge is 0.137 e. The lowest BCUT2D eigenvalue weighted by Gasteiger charge is -2.10. The van der Waals surface area contributed by atoms with Gasteiger partial charge in [-0.25, -0.2) is 0 Å². The van der Waals surface area contributed by atoms with Gasteiger partial charge in [0.25, 0.3) is 0 Å². The Balaban J connectivity index is 2.76. The fraction of sp³-hybridized carbons (Fsp3) is 0.500. The Bertz CT molecular complexity index is 326. The fourth-order valence-electron chi connectivity index (χ4n) is 1.52. The molecule has 0 saturated carbocycles. The van der Waals surface area contributed by atoms with Crippen molar-refractivity contribution in [2.45, 2.75) is 20.3 Å². The van der Waals surface area contributed by atoms with Crippen molar-refractivity contribution >= 4 is 11.6 Å². The maximum absolute atomic E-state index is 6.07. The molecule has 0 unspecified atom stereocenters. The van der Waals surface area contributed by atoms with Crippen LogP contribution in [0.1, 0.15) is 18.1 Å². The maximum atomic E-state index is 6.07. The molecule has 0 aliphatic carbocycles. The Hall–Kier alpha value is -0.730. The van der Waals surface area contributed by atoms with E-state index in [2.05, 4.69) is 19.2 Å². The zero-order chi connectivity index (χ0) is 11.3. The Morgan fingerprint density at radius 3 is 2.73 bits per heavy atom. The molecule has 1 rings (SSSR count). The van der Waals surface area contributed by atoms with Crippen LogP contribution >= 0.6 is 11.6 Å². The first-order valence-corrected chi connectivity index (χ1v) is 5.60. The van der Waals surface area contributed by atoms with E-state index in [0.29, 0.717) is 5.02 Å². The summed E-state index contributed by atoms with van der Waals surface area (Å²) in [7, 11) is 1.64. The minimum absolute atomic E-state index is 0.689. The molecule has 0 fully saturated rings. The highest BCUT2D eigenvalue weighted by Gasteiger charge is 2.05. The lowest BCUT2D eigenvalue weighted by molar-refractivity contribution is 0.414. The van der Waals surface area contributed by atoms with Gasteiger partial charge in [-0.05, 0) is 49.7 Å². The van der Waals surface area contributed by atoms with Crippen LogP contribution in [0.25, 0.3) is 0 Å². The number of hydrogen-bond acceptors (Lipinski definition) is 2. The summed E-state index contributed by atoms with van der Waals surface area (Å²) in [5, 5.41) is 3.99. The van der Waals surface area contributed by atoms with Gasteiger partial charge in [-0.15, -0.1) is 0 Å². The monoisotopic (exact) mass is 227 g/mol. The molecule has 15 heavy (non-hydrogen) atoms. The second-order valence-corrected chi connectivity index (χ2v) is 3.92. The van der Waals surface area contributed by atoms with Crippen LogP contribution in [0.5, 0.6) is 5.75 Å². The van der Waals surface area contributed by atoms with Gasteiger partial charge in [-0.1, -0.05) is 18.5 Å². The van der Waals surface area contributed by atoms with Crippen LogP contribution in [0, 0.1) is 6.92 Å². The minimum Gasteiger partial charge on any atom is -0.495 e. The number of aryl methyl sites for hydroxylation is 1. The van der Waals surface area contributed by atoms with Crippen LogP contribution in [0.3, 0.4) is 0 Å². The van der Waals surface area contributed by atoms with Gasteiger partial charge >= 0.3 is 0 Å². The second-order valence-electron chi connectivity index (χ2n) is 3.52. The first-order valence-electron chi connectivity index (χ1n) is 5.22. The highest BCUT2D eigenvalue weighted by atomic mass is 35.5. The third-order valence-electron chi connectivity index (χ3n) is 2.43. The van der Waals surface area contributed by atoms with Crippen LogP contribution < -0.4 is 10.1 Å². The number of hydrogen-bond donors (Lipinski definition) is 1. The number of ether oxygens (including phenoxy) is 1. The van der Waals surface area contributed by atoms with E-state index in [9.17, 15) is 0 Å². The van der Waals surface area contributed by atoms with Crippen molar-refractivity contribution in [1.29, 1.82) is 0 Å². The van der Waals surface area contributed by atoms with Gasteiger partial charge in [0.05, 0.1) is 12.1 Å². The summed E-state index contributed by atoms with van der Waals surface area (Å²) in [4.78, 5) is 0. The number of rotatable bonds is 5. The molecule has 0 radical (unpaired) electrons. The van der Waals surface area contributed by atoms with E-state index < -0.39 is 0 Å². The van der Waals surface area contributed by atoms with Crippen molar-refractivity contribution in [1.82, 2.24) is 5.32 Å². The van der Waals surface area contributed by atoms with Crippen molar-refractivity contribution < 1.29 is 4.74 Å². The number of nitrogens with one attached hydrogen (secondary N) is 1. The van der Waals surface area contributed by atoms with Crippen LogP contribution in [-0.2, 0) is 6.42 Å². The summed E-state index contributed by atoms with van der Waals surface area (Å²) in [6, 6.07) is 3.98. The van der Waals surface area contributed by atoms with E-state index in [-0.39, 0.29) is 0 Å². The number of likely N-dealkylation sites (N-methyl/N-ethyl adjacent to an activating group) is 1. The molecule has 2 nitrogen and oxygen atoms in total. The summed E-state index contributed by atoms with van der Waals surface area (Å²) in [6.07, 6.45) is 1.00. The summed E-state index contributed by atoms with van der Waals surface area (Å²) < 4.78 is 5.16. The molecule has 0 atom stereocenters. The summed E-state index contributed by atoms with van der Waals surface area (Å²) in [5.41, 5.74) is 2.51. The lowest BCUT2D eigenvalue weighted by atomic mass is 10.1. The Morgan fingerprint density at radius 1 is 1.40 bits per heavy atom. The largest absolute Gasteiger partial charge is 0.495 e. The van der Waals surface area contributed by atoms with Crippen LogP contribution in [0.4, 0.5) is 0 Å². The van der Waals surface area contributed by atoms with Crippen molar-refractivity contribution in [2.75, 3.05) is 20.2 Å². The highest BCUT2D eigenvalue weighted by Crippen LogP contribution is 2.27. The summed E-state index contributed by atoms with van der Waals surface area (Å²) in [6.45, 7) is 6.18. The lowest BCUT2D eigenvalue weighted by Crippen LogP contribution is -2.16. The standard InChI is InChI=1S/C12H18ClNO/c1-4-14-6-5-10-8-11(13)12(15-3)7-9(10)2/h7-8,14H,4-6H2,1-3H3. The van der Waals surface area contributed by atoms with Gasteiger partial charge in [0.2, 0.25) is 0 Å². The van der Waals surface area contributed by atoms with E-state index in [1.807, 2.05) is 12.1 Å². The topological polar surface area (TPSA) is 21.3 Å². The molecule has 84 valence electrons. The minimum atomic E-state index is 0.689. The number of benzene rings is 1. The number of halogens is 1. The molecule has 0 saturated heterocycles. The first kappa shape index (κ1) is 12.3. The van der Waals surface area contributed by atoms with Crippen LogP contribution in [0.15, 0.2) is 12.1 Å². The fourth-order valence-corrected chi connectivity index (χ4v) is 1.79. The predicted octanol–water partition coefficient (Wildman–Crippen LogP) is 2.81. The normalized spacial score (nSPS) is 10.4. The highest BCUT2D eigenvalue weighted by molar-refractivity contribution is 6.32. The Morgan fingerprint density at radius 2 is 2.13 bits per heavy atom. The van der Waals surface area contributed by atoms with E-state index in [0.717, 1.165) is 25.3 Å². The van der Waals surface area contributed by atoms with Gasteiger partial charge in [-0.2, -0.15) is 0 Å². The Labute approximate surface area is 96.6 Å². The van der Waals surface area contributed by atoms with Crippen LogP contribution in [0.2, 0.25) is 5.02 Å². The summed E-state index contributed by atoms with van der Waals surface area (Å²) in [5.74, 6) is 0.751. The predicted molar refractivity (Wildman–Crippen MR) is 65.0 cm³/mol. The molecule has 0 aromatic heterocycles. The molecule has 1 aromatic rings. The third-order valence-corrected chi connectivity index (χ3v) is 2.73. The average molecular weight is 228 g/mol. The van der Waals surface area contributed by atoms with Gasteiger partial charge in [-0.3, -0.25) is 0 Å². The molecule has 0 bridgehead atoms. The van der Waals surface area contributed by atoms with Crippen molar-refractivity contribution in [2.24, 2.45) is 0 Å². The summed E-state index contributed by atoms with van der Waals surface area (Å²) >= 11 is 6.07. The Kier molecular flexibility index (Phi) is 4.92.